The van der Waals surface area contributed by atoms with Crippen LogP contribution < -0.4 is 5.32 Å². The number of rotatable bonds is 6. The molecule has 0 atom stereocenters. The summed E-state index contributed by atoms with van der Waals surface area (Å²) < 4.78 is 0. The lowest BCUT2D eigenvalue weighted by atomic mass is 10.1. The number of halogens is 1. The van der Waals surface area contributed by atoms with Gasteiger partial charge in [-0.2, -0.15) is 0 Å². The van der Waals surface area contributed by atoms with Gasteiger partial charge in [0.1, 0.15) is 0 Å². The minimum atomic E-state index is -0.0163. The molecule has 0 spiro atoms. The van der Waals surface area contributed by atoms with E-state index in [0.717, 1.165) is 11.9 Å². The third-order valence-electron chi connectivity index (χ3n) is 3.20. The maximum atomic E-state index is 11.9. The number of hydrogen-bond donors (Lipinski definition) is 2. The zero-order chi connectivity index (χ0) is 16.1. The van der Waals surface area contributed by atoms with Crippen molar-refractivity contribution in [3.8, 4) is 0 Å². The molecule has 2 N–H and O–H groups in total. The quantitative estimate of drug-likeness (QED) is 0.673. The molecule has 5 nitrogen and oxygen atoms in total. The fraction of sp³-hybridized carbons (Fsp3) is 0.188. The van der Waals surface area contributed by atoms with E-state index in [1.807, 2.05) is 30.3 Å². The number of hydrogen-bond acceptors (Lipinski definition) is 4. The van der Waals surface area contributed by atoms with Crippen LogP contribution in [0.15, 0.2) is 47.8 Å². The van der Waals surface area contributed by atoms with Gasteiger partial charge in [-0.25, -0.2) is 9.97 Å². The number of aromatic nitrogens is 3. The van der Waals surface area contributed by atoms with E-state index in [9.17, 15) is 4.79 Å². The Morgan fingerprint density at radius 3 is 2.96 bits per heavy atom. The number of aromatic amines is 1. The molecule has 0 bridgehead atoms. The molecule has 0 radical (unpaired) electrons. The zero-order valence-corrected chi connectivity index (χ0v) is 13.8. The SMILES string of the molecule is O=C(CSc1nc2ncc(Cl)cc2[nH]1)NCCc1ccccc1. The number of thioether (sulfide) groups is 1. The third kappa shape index (κ3) is 4.46. The van der Waals surface area contributed by atoms with Crippen LogP contribution in [0.3, 0.4) is 0 Å². The second-order valence-corrected chi connectivity index (χ2v) is 6.34. The number of fused-ring (bicyclic) bond motifs is 1. The Morgan fingerprint density at radius 1 is 1.30 bits per heavy atom. The van der Waals surface area contributed by atoms with Crippen molar-refractivity contribution in [3.05, 3.63) is 53.2 Å². The van der Waals surface area contributed by atoms with Gasteiger partial charge in [-0.3, -0.25) is 4.79 Å². The van der Waals surface area contributed by atoms with Crippen LogP contribution in [0, 0.1) is 0 Å². The standard InChI is InChI=1S/C16H15ClN4OS/c17-12-8-13-15(19-9-12)21-16(20-13)23-10-14(22)18-7-6-11-4-2-1-3-5-11/h1-5,8-9H,6-7,10H2,(H,18,22)(H,19,20,21). The summed E-state index contributed by atoms with van der Waals surface area (Å²) in [4.78, 5) is 23.4. The Morgan fingerprint density at radius 2 is 2.13 bits per heavy atom. The first-order chi connectivity index (χ1) is 11.2. The van der Waals surface area contributed by atoms with Crippen molar-refractivity contribution in [3.63, 3.8) is 0 Å². The maximum Gasteiger partial charge on any atom is 0.230 e. The van der Waals surface area contributed by atoms with Crippen LogP contribution in [-0.4, -0.2) is 33.2 Å². The summed E-state index contributed by atoms with van der Waals surface area (Å²) in [5.41, 5.74) is 2.58. The number of carbonyl (C=O) groups excluding carboxylic acids is 1. The lowest BCUT2D eigenvalue weighted by molar-refractivity contribution is -0.118. The van der Waals surface area contributed by atoms with Crippen LogP contribution >= 0.6 is 23.4 Å². The summed E-state index contributed by atoms with van der Waals surface area (Å²) in [6, 6.07) is 11.8. The van der Waals surface area contributed by atoms with Gasteiger partial charge in [-0.1, -0.05) is 53.7 Å². The van der Waals surface area contributed by atoms with E-state index < -0.39 is 0 Å². The number of amides is 1. The molecule has 3 aromatic rings. The van der Waals surface area contributed by atoms with E-state index in [1.54, 1.807) is 12.3 Å². The Balaban J connectivity index is 1.46. The lowest BCUT2D eigenvalue weighted by Gasteiger charge is -2.04. The van der Waals surface area contributed by atoms with Crippen LogP contribution in [0.1, 0.15) is 5.56 Å². The molecule has 0 aliphatic carbocycles. The molecule has 7 heteroatoms. The molecule has 0 aliphatic heterocycles. The number of benzene rings is 1. The predicted molar refractivity (Wildman–Crippen MR) is 92.8 cm³/mol. The highest BCUT2D eigenvalue weighted by Gasteiger charge is 2.08. The molecule has 0 saturated carbocycles. The van der Waals surface area contributed by atoms with Gasteiger partial charge >= 0.3 is 0 Å². The van der Waals surface area contributed by atoms with Gasteiger partial charge in [0.2, 0.25) is 5.91 Å². The van der Waals surface area contributed by atoms with Crippen LogP contribution in [0.25, 0.3) is 11.2 Å². The van der Waals surface area contributed by atoms with E-state index in [-0.39, 0.29) is 5.91 Å². The monoisotopic (exact) mass is 346 g/mol. The maximum absolute atomic E-state index is 11.9. The van der Waals surface area contributed by atoms with Crippen LogP contribution in [0.2, 0.25) is 5.02 Å². The number of nitrogens with zero attached hydrogens (tertiary/aromatic N) is 2. The molecule has 118 valence electrons. The molecule has 2 aromatic heterocycles. The fourth-order valence-electron chi connectivity index (χ4n) is 2.10. The number of carbonyl (C=O) groups is 1. The second kappa shape index (κ2) is 7.48. The number of pyridine rings is 1. The lowest BCUT2D eigenvalue weighted by Crippen LogP contribution is -2.27. The topological polar surface area (TPSA) is 70.7 Å². The molecule has 2 heterocycles. The van der Waals surface area contributed by atoms with E-state index in [2.05, 4.69) is 20.3 Å². The van der Waals surface area contributed by atoms with Crippen molar-refractivity contribution >= 4 is 40.4 Å². The van der Waals surface area contributed by atoms with Crippen molar-refractivity contribution in [1.29, 1.82) is 0 Å². The average Bonchev–Trinajstić information content (AvgIpc) is 2.96. The molecule has 0 fully saturated rings. The third-order valence-corrected chi connectivity index (χ3v) is 4.28. The summed E-state index contributed by atoms with van der Waals surface area (Å²) >= 11 is 7.23. The van der Waals surface area contributed by atoms with Gasteiger partial charge < -0.3 is 10.3 Å². The highest BCUT2D eigenvalue weighted by Crippen LogP contribution is 2.20. The number of H-pyrrole nitrogens is 1. The Bertz CT molecular complexity index is 806. The van der Waals surface area contributed by atoms with Gasteiger partial charge in [0.25, 0.3) is 0 Å². The van der Waals surface area contributed by atoms with Crippen molar-refractivity contribution in [2.24, 2.45) is 0 Å². The van der Waals surface area contributed by atoms with Crippen LogP contribution in [-0.2, 0) is 11.2 Å². The van der Waals surface area contributed by atoms with Crippen molar-refractivity contribution in [2.45, 2.75) is 11.6 Å². The van der Waals surface area contributed by atoms with Gasteiger partial charge in [0, 0.05) is 12.7 Å². The van der Waals surface area contributed by atoms with Gasteiger partial charge in [-0.15, -0.1) is 0 Å². The van der Waals surface area contributed by atoms with Crippen LogP contribution in [0.4, 0.5) is 0 Å². The molecular weight excluding hydrogens is 332 g/mol. The average molecular weight is 347 g/mol. The summed E-state index contributed by atoms with van der Waals surface area (Å²) in [6.07, 6.45) is 2.37. The van der Waals surface area contributed by atoms with Crippen LogP contribution in [0.5, 0.6) is 0 Å². The first-order valence-corrected chi connectivity index (χ1v) is 8.52. The largest absolute Gasteiger partial charge is 0.355 e. The highest BCUT2D eigenvalue weighted by molar-refractivity contribution is 7.99. The second-order valence-electron chi connectivity index (χ2n) is 4.94. The first-order valence-electron chi connectivity index (χ1n) is 7.15. The van der Waals surface area contributed by atoms with Gasteiger partial charge in [0.05, 0.1) is 16.3 Å². The summed E-state index contributed by atoms with van der Waals surface area (Å²) in [7, 11) is 0. The predicted octanol–water partition coefficient (Wildman–Crippen LogP) is 3.06. The minimum absolute atomic E-state index is 0.0163. The Kier molecular flexibility index (Phi) is 5.15. The van der Waals surface area contributed by atoms with E-state index >= 15 is 0 Å². The fourth-order valence-corrected chi connectivity index (χ4v) is 2.96. The summed E-state index contributed by atoms with van der Waals surface area (Å²) in [5.74, 6) is 0.292. The molecule has 0 unspecified atom stereocenters. The summed E-state index contributed by atoms with van der Waals surface area (Å²) in [5, 5.41) is 4.12. The van der Waals surface area contributed by atoms with Gasteiger partial charge in [-0.05, 0) is 18.1 Å². The smallest absolute Gasteiger partial charge is 0.230 e. The van der Waals surface area contributed by atoms with Crippen molar-refractivity contribution in [1.82, 2.24) is 20.3 Å². The molecule has 0 saturated heterocycles. The molecule has 23 heavy (non-hydrogen) atoms. The zero-order valence-electron chi connectivity index (χ0n) is 12.3. The molecular formula is C16H15ClN4OS. The molecule has 1 amide bonds. The van der Waals surface area contributed by atoms with Gasteiger partial charge in [0.15, 0.2) is 10.8 Å². The number of nitrogens with one attached hydrogen (secondary N) is 2. The summed E-state index contributed by atoms with van der Waals surface area (Å²) in [6.45, 7) is 0.626. The Labute approximate surface area is 142 Å². The highest BCUT2D eigenvalue weighted by atomic mass is 35.5. The van der Waals surface area contributed by atoms with E-state index in [0.29, 0.717) is 28.1 Å². The van der Waals surface area contributed by atoms with E-state index in [1.165, 1.54) is 17.3 Å². The molecule has 3 rings (SSSR count). The molecule has 1 aromatic carbocycles. The molecule has 0 aliphatic rings. The van der Waals surface area contributed by atoms with Crippen molar-refractivity contribution < 1.29 is 4.79 Å². The van der Waals surface area contributed by atoms with Crippen molar-refractivity contribution in [2.75, 3.05) is 12.3 Å². The first kappa shape index (κ1) is 15.8. The minimum Gasteiger partial charge on any atom is -0.355 e. The normalized spacial score (nSPS) is 10.8. The Hall–Kier alpha value is -2.05. The number of imidazole rings is 1. The van der Waals surface area contributed by atoms with E-state index in [4.69, 9.17) is 11.6 Å².